The molecule has 1 fully saturated rings. The van der Waals surface area contributed by atoms with Crippen molar-refractivity contribution in [3.63, 3.8) is 0 Å². The largest absolute Gasteiger partial charge is 0.313 e. The topological polar surface area (TPSA) is 101 Å². The molecule has 0 radical (unpaired) electrons. The van der Waals surface area contributed by atoms with Gasteiger partial charge in [-0.15, -0.1) is 0 Å². The third-order valence-corrected chi connectivity index (χ3v) is 5.06. The summed E-state index contributed by atoms with van der Waals surface area (Å²) in [5.41, 5.74) is 0.0158. The van der Waals surface area contributed by atoms with Gasteiger partial charge in [0.05, 0.1) is 20.8 Å². The van der Waals surface area contributed by atoms with Gasteiger partial charge in [-0.3, -0.25) is 14.8 Å². The Bertz CT molecular complexity index is 614. The van der Waals surface area contributed by atoms with E-state index in [0.29, 0.717) is 4.47 Å². The Morgan fingerprint density at radius 1 is 1.50 bits per heavy atom. The van der Waals surface area contributed by atoms with Crippen LogP contribution in [-0.4, -0.2) is 31.7 Å². The number of sulfonamides is 1. The van der Waals surface area contributed by atoms with Crippen LogP contribution in [0, 0.1) is 10.1 Å². The summed E-state index contributed by atoms with van der Waals surface area (Å²) in [5, 5.41) is 13.9. The van der Waals surface area contributed by atoms with E-state index in [9.17, 15) is 18.5 Å². The van der Waals surface area contributed by atoms with Gasteiger partial charge in [0.1, 0.15) is 0 Å². The van der Waals surface area contributed by atoms with Crippen molar-refractivity contribution in [3.05, 3.63) is 32.8 Å². The van der Waals surface area contributed by atoms with Gasteiger partial charge in [0, 0.05) is 12.1 Å². The Hall–Kier alpha value is -1.19. The highest BCUT2D eigenvalue weighted by molar-refractivity contribution is 9.10. The maximum absolute atomic E-state index is 12.0. The smallest absolute Gasteiger partial charge is 0.285 e. The van der Waals surface area contributed by atoms with Gasteiger partial charge >= 0.3 is 0 Å². The minimum Gasteiger partial charge on any atom is -0.313 e. The molecule has 1 aliphatic rings. The third kappa shape index (κ3) is 3.90. The van der Waals surface area contributed by atoms with Crippen LogP contribution in [-0.2, 0) is 10.0 Å². The second-order valence-electron chi connectivity index (χ2n) is 4.60. The first kappa shape index (κ1) is 15.2. The molecule has 0 spiro atoms. The molecular formula is C11H14BrN3O4S. The third-order valence-electron chi connectivity index (χ3n) is 3.00. The fourth-order valence-electron chi connectivity index (χ4n) is 2.10. The van der Waals surface area contributed by atoms with E-state index in [2.05, 4.69) is 26.0 Å². The van der Waals surface area contributed by atoms with Crippen LogP contribution in [0.4, 0.5) is 11.4 Å². The van der Waals surface area contributed by atoms with Crippen molar-refractivity contribution < 1.29 is 13.3 Å². The van der Waals surface area contributed by atoms with Gasteiger partial charge < -0.3 is 5.32 Å². The molecule has 9 heteroatoms. The average Bonchev–Trinajstić information content (AvgIpc) is 2.82. The zero-order valence-electron chi connectivity index (χ0n) is 10.5. The summed E-state index contributed by atoms with van der Waals surface area (Å²) in [7, 11) is -3.52. The molecule has 2 N–H and O–H groups in total. The fourth-order valence-corrected chi connectivity index (χ4v) is 3.88. The van der Waals surface area contributed by atoms with Crippen molar-refractivity contribution in [2.24, 2.45) is 0 Å². The average molecular weight is 364 g/mol. The molecule has 0 saturated carbocycles. The van der Waals surface area contributed by atoms with E-state index < -0.39 is 14.9 Å². The summed E-state index contributed by atoms with van der Waals surface area (Å²) in [4.78, 5) is 10.2. The second-order valence-corrected chi connectivity index (χ2v) is 7.22. The van der Waals surface area contributed by atoms with Crippen molar-refractivity contribution >= 4 is 37.3 Å². The monoisotopic (exact) mass is 363 g/mol. The molecule has 20 heavy (non-hydrogen) atoms. The molecule has 1 aromatic carbocycles. The number of halogens is 1. The maximum Gasteiger partial charge on any atom is 0.285 e. The Labute approximate surface area is 125 Å². The molecule has 0 amide bonds. The quantitative estimate of drug-likeness (QED) is 0.613. The lowest BCUT2D eigenvalue weighted by atomic mass is 10.3. The number of nitrogens with one attached hydrogen (secondary N) is 2. The van der Waals surface area contributed by atoms with Crippen LogP contribution in [0.25, 0.3) is 0 Å². The normalized spacial score (nSPS) is 18.9. The molecule has 0 bridgehead atoms. The van der Waals surface area contributed by atoms with Crippen LogP contribution in [0.15, 0.2) is 22.7 Å². The fraction of sp³-hybridized carbons (Fsp3) is 0.455. The van der Waals surface area contributed by atoms with Crippen molar-refractivity contribution in [1.29, 1.82) is 0 Å². The van der Waals surface area contributed by atoms with E-state index in [1.165, 1.54) is 18.2 Å². The van der Waals surface area contributed by atoms with Crippen molar-refractivity contribution in [2.45, 2.75) is 18.9 Å². The van der Waals surface area contributed by atoms with Gasteiger partial charge in [0.2, 0.25) is 10.0 Å². The molecule has 2 rings (SSSR count). The number of hydrogen-bond donors (Lipinski definition) is 2. The first-order chi connectivity index (χ1) is 9.37. The number of nitro groups is 1. The van der Waals surface area contributed by atoms with Crippen LogP contribution in [0.5, 0.6) is 0 Å². The van der Waals surface area contributed by atoms with Gasteiger partial charge in [0.15, 0.2) is 0 Å². The molecule has 110 valence electrons. The lowest BCUT2D eigenvalue weighted by Crippen LogP contribution is -2.32. The second kappa shape index (κ2) is 6.06. The predicted molar refractivity (Wildman–Crippen MR) is 79.2 cm³/mol. The number of nitrogens with zero attached hydrogens (tertiary/aromatic N) is 1. The first-order valence-electron chi connectivity index (χ1n) is 6.05. The Kier molecular flexibility index (Phi) is 4.61. The van der Waals surface area contributed by atoms with Gasteiger partial charge in [-0.2, -0.15) is 0 Å². The van der Waals surface area contributed by atoms with Gasteiger partial charge in [-0.05, 0) is 47.4 Å². The van der Waals surface area contributed by atoms with Crippen LogP contribution >= 0.6 is 15.9 Å². The standard InChI is InChI=1S/C11H14BrN3O4S/c12-10-4-3-8(6-11(10)15(16)17)14-20(18,19)7-9-2-1-5-13-9/h3-4,6,9,13-14H,1-2,5,7H2. The maximum atomic E-state index is 12.0. The van der Waals surface area contributed by atoms with Gasteiger partial charge in [-0.25, -0.2) is 8.42 Å². The van der Waals surface area contributed by atoms with E-state index in [0.717, 1.165) is 19.4 Å². The Balaban J connectivity index is 2.12. The Morgan fingerprint density at radius 3 is 2.85 bits per heavy atom. The molecule has 1 saturated heterocycles. The van der Waals surface area contributed by atoms with Crippen LogP contribution in [0.2, 0.25) is 0 Å². The molecule has 1 aromatic rings. The molecule has 1 aliphatic heterocycles. The minimum atomic E-state index is -3.52. The molecule has 1 unspecified atom stereocenters. The van der Waals surface area contributed by atoms with Gasteiger partial charge in [0.25, 0.3) is 5.69 Å². The number of rotatable bonds is 5. The highest BCUT2D eigenvalue weighted by Gasteiger charge is 2.23. The SMILES string of the molecule is O=[N+]([O-])c1cc(NS(=O)(=O)CC2CCCN2)ccc1Br. The highest BCUT2D eigenvalue weighted by atomic mass is 79.9. The van der Waals surface area contributed by atoms with Crippen molar-refractivity contribution in [3.8, 4) is 0 Å². The van der Waals surface area contributed by atoms with E-state index in [1.54, 1.807) is 0 Å². The van der Waals surface area contributed by atoms with E-state index in [1.807, 2.05) is 0 Å². The van der Waals surface area contributed by atoms with Crippen LogP contribution < -0.4 is 10.0 Å². The van der Waals surface area contributed by atoms with Gasteiger partial charge in [-0.1, -0.05) is 0 Å². The molecule has 1 heterocycles. The summed E-state index contributed by atoms with van der Waals surface area (Å²) < 4.78 is 26.7. The van der Waals surface area contributed by atoms with E-state index in [-0.39, 0.29) is 23.2 Å². The van der Waals surface area contributed by atoms with Crippen LogP contribution in [0.3, 0.4) is 0 Å². The molecule has 1 atom stereocenters. The molecule has 7 nitrogen and oxygen atoms in total. The zero-order valence-corrected chi connectivity index (χ0v) is 12.9. The number of anilines is 1. The van der Waals surface area contributed by atoms with Crippen LogP contribution in [0.1, 0.15) is 12.8 Å². The summed E-state index contributed by atoms with van der Waals surface area (Å²) >= 11 is 3.05. The minimum absolute atomic E-state index is 0.0309. The lowest BCUT2D eigenvalue weighted by Gasteiger charge is -2.12. The highest BCUT2D eigenvalue weighted by Crippen LogP contribution is 2.28. The summed E-state index contributed by atoms with van der Waals surface area (Å²) in [6.45, 7) is 0.823. The number of hydrogen-bond acceptors (Lipinski definition) is 5. The van der Waals surface area contributed by atoms with E-state index >= 15 is 0 Å². The Morgan fingerprint density at radius 2 is 2.25 bits per heavy atom. The molecule has 0 aliphatic carbocycles. The summed E-state index contributed by atoms with van der Waals surface area (Å²) in [5.74, 6) is -0.0309. The molecule has 0 aromatic heterocycles. The van der Waals surface area contributed by atoms with Crippen molar-refractivity contribution in [2.75, 3.05) is 17.0 Å². The van der Waals surface area contributed by atoms with Crippen molar-refractivity contribution in [1.82, 2.24) is 5.32 Å². The number of benzene rings is 1. The molecular weight excluding hydrogens is 350 g/mol. The summed E-state index contributed by atoms with van der Waals surface area (Å²) in [6.07, 6.45) is 1.78. The lowest BCUT2D eigenvalue weighted by molar-refractivity contribution is -0.385. The zero-order chi connectivity index (χ0) is 14.8. The predicted octanol–water partition coefficient (Wildman–Crippen LogP) is 1.85. The summed E-state index contributed by atoms with van der Waals surface area (Å²) in [6, 6.07) is 4.07. The first-order valence-corrected chi connectivity index (χ1v) is 8.50. The van der Waals surface area contributed by atoms with E-state index in [4.69, 9.17) is 0 Å². The number of nitro benzene ring substituents is 1.